The molecule has 0 radical (unpaired) electrons. The number of amidine groups is 1. The van der Waals surface area contributed by atoms with Crippen LogP contribution in [-0.2, 0) is 18.9 Å². The Balaban J connectivity index is 0.703. The maximum Gasteiger partial charge on any atom is 0.338 e. The molecule has 12 nitrogen and oxygen atoms in total. The Kier molecular flexibility index (Phi) is 28.4. The summed E-state index contributed by atoms with van der Waals surface area (Å²) in [5.74, 6) is 23.9. The number of nitrogens with one attached hydrogen (secondary N) is 1. The number of benzene rings is 12. The summed E-state index contributed by atoms with van der Waals surface area (Å²) in [6.45, 7) is 5.25. The average molecular weight is 1550 g/mol. The Morgan fingerprint density at radius 2 is 0.619 bits per heavy atom. The van der Waals surface area contributed by atoms with Crippen LogP contribution in [0.3, 0.4) is 0 Å². The summed E-state index contributed by atoms with van der Waals surface area (Å²) in [5, 5.41) is 16.7. The molecule has 12 aromatic rings. The van der Waals surface area contributed by atoms with E-state index in [1.54, 1.807) is 84.9 Å². The first-order valence-electron chi connectivity index (χ1n) is 39.6. The van der Waals surface area contributed by atoms with Gasteiger partial charge in [-0.1, -0.05) is 223 Å². The molecule has 1 N–H and O–H groups in total. The number of carbonyl (C=O) groups is 5. The van der Waals surface area contributed by atoms with Crippen molar-refractivity contribution in [2.24, 2.45) is 4.99 Å². The predicted molar refractivity (Wildman–Crippen MR) is 464 cm³/mol. The summed E-state index contributed by atoms with van der Waals surface area (Å²) in [5.41, 5.74) is 16.6. The van der Waals surface area contributed by atoms with E-state index in [0.29, 0.717) is 130 Å². The summed E-state index contributed by atoms with van der Waals surface area (Å²) < 4.78 is 22.5. The van der Waals surface area contributed by atoms with Crippen LogP contribution in [0.15, 0.2) is 320 Å². The van der Waals surface area contributed by atoms with E-state index in [1.165, 1.54) is 0 Å². The number of hydrogen-bond donors (Lipinski definition) is 1. The molecule has 0 spiro atoms. The molecule has 0 unspecified atom stereocenters. The molecule has 0 amide bonds. The summed E-state index contributed by atoms with van der Waals surface area (Å²) in [6.07, 6.45) is 13.5. The van der Waals surface area contributed by atoms with Crippen molar-refractivity contribution in [3.8, 4) is 91.9 Å². The number of aliphatic imine (C=N–C) groups is 1. The van der Waals surface area contributed by atoms with Gasteiger partial charge in [0.05, 0.1) is 60.7 Å². The maximum atomic E-state index is 13.4. The Labute approximate surface area is 690 Å². The Morgan fingerprint density at radius 3 is 0.949 bits per heavy atom. The van der Waals surface area contributed by atoms with Gasteiger partial charge in [0.2, 0.25) is 0 Å². The first-order chi connectivity index (χ1) is 57.8. The third-order valence-electron chi connectivity index (χ3n) is 19.8. The molecule has 30 rings (SSSR count). The second-order valence-corrected chi connectivity index (χ2v) is 28.2. The number of hydrogen-bond acceptors (Lipinski definition) is 11. The SMILES string of the molecule is C[C@@H](N=C(N[C@H](C)c1ccccc1)c1c2ccc(c1-c1ccccc1)C#Cc1ccc(cc1)C(=O)OCCC/C=C\CCCOC(=O)c1ccc(cc1)C#Cc1ccc(cc1)-c1cccc(c1C(=O)[O-])-c1ccc(cc1)C#Cc1ccc(cc1)C(=O)OCCC/C=C\CCCOC(=O)c1ccc(cc1)C#Cc1ccc-2cc1)c1ccccc1. The lowest BCUT2D eigenvalue weighted by molar-refractivity contribution is -0.254. The van der Waals surface area contributed by atoms with Gasteiger partial charge in [0.25, 0.3) is 0 Å². The molecule has 0 fully saturated rings. The molecular formula is C106H85N2O10-. The van der Waals surface area contributed by atoms with E-state index in [4.69, 9.17) is 23.9 Å². The lowest BCUT2D eigenvalue weighted by Crippen LogP contribution is -2.29. The minimum absolute atomic E-state index is 0.0558. The van der Waals surface area contributed by atoms with E-state index in [9.17, 15) is 29.1 Å². The number of rotatable bonds is 7. The number of esters is 4. The molecular weight excluding hydrogens is 1460 g/mol. The number of carboxylic acids is 1. The van der Waals surface area contributed by atoms with Gasteiger partial charge < -0.3 is 34.2 Å². The predicted octanol–water partition coefficient (Wildman–Crippen LogP) is 20.8. The van der Waals surface area contributed by atoms with Crippen molar-refractivity contribution in [2.75, 3.05) is 26.4 Å². The van der Waals surface area contributed by atoms with Crippen molar-refractivity contribution in [1.29, 1.82) is 0 Å². The van der Waals surface area contributed by atoms with E-state index in [-0.39, 0.29) is 44.1 Å². The van der Waals surface area contributed by atoms with Gasteiger partial charge in [0.15, 0.2) is 0 Å². The molecule has 2 atom stereocenters. The highest BCUT2D eigenvalue weighted by Gasteiger charge is 2.24. The van der Waals surface area contributed by atoms with Crippen LogP contribution in [0.2, 0.25) is 0 Å². The molecule has 18 heterocycles. The van der Waals surface area contributed by atoms with Gasteiger partial charge >= 0.3 is 23.9 Å². The lowest BCUT2D eigenvalue weighted by atomic mass is 9.86. The molecule has 18 aliphatic heterocycles. The molecule has 12 aromatic carbocycles. The molecule has 18 aliphatic rings. The maximum absolute atomic E-state index is 13.4. The highest BCUT2D eigenvalue weighted by molar-refractivity contribution is 6.11. The average Bonchev–Trinajstić information content (AvgIpc) is 0.761. The van der Waals surface area contributed by atoms with Crippen molar-refractivity contribution < 1.29 is 48.0 Å². The Hall–Kier alpha value is -14.8. The topological polar surface area (TPSA) is 170 Å². The fourth-order valence-corrected chi connectivity index (χ4v) is 13.4. The summed E-state index contributed by atoms with van der Waals surface area (Å²) in [6, 6.07) is 90.8. The zero-order chi connectivity index (χ0) is 81.6. The van der Waals surface area contributed by atoms with E-state index in [0.717, 1.165) is 55.6 Å². The van der Waals surface area contributed by atoms with E-state index in [1.807, 2.05) is 170 Å². The fraction of sp³-hybridized carbons (Fsp3) is 0.151. The van der Waals surface area contributed by atoms with Gasteiger partial charge in [-0.3, -0.25) is 4.99 Å². The van der Waals surface area contributed by atoms with Crippen LogP contribution in [-0.4, -0.2) is 62.1 Å². The third kappa shape index (κ3) is 22.6. The first-order valence-corrected chi connectivity index (χ1v) is 39.6. The standard InChI is InChI=1S/C106H86N2O10/c1-75(84-25-14-11-15-26-84)107-101(108-76(2)85-27-16-12-17-28-85)100-97-70-69-90(98(100)89-29-18-13-19-30-89)60-45-83-52-67-94(68-53-83)106(114)118-74-23-10-6-5-9-22-72-116-104(112)92-63-48-81(49-64-92)37-34-78-41-56-87(57-42-78)96-32-24-31-95(99(96)102(109)110)86-54-39-77(40-55-86)33-36-80-46-61-91(62-47-80)103(111)115-71-20-7-3-4-8-21-73-117-105(113)93-65-50-82(51-66-93)38-35-79-43-58-88(97)59-44-79/h3-6,11-19,24-32,39-44,46-59,61-70,75-76H,7-10,20-23,71-74H2,1-2H3,(H,107,108)(H,109,110)/p-1/b4-3-,6-5-/t75-,76-/m1/s1. The van der Waals surface area contributed by atoms with Gasteiger partial charge in [-0.2, -0.15) is 0 Å². The summed E-state index contributed by atoms with van der Waals surface area (Å²) in [4.78, 5) is 70.8. The molecule has 0 aromatic heterocycles. The monoisotopic (exact) mass is 1550 g/mol. The van der Waals surface area contributed by atoms with Crippen molar-refractivity contribution in [3.63, 3.8) is 0 Å². The lowest BCUT2D eigenvalue weighted by Gasteiger charge is -2.25. The number of carbonyl (C=O) groups excluding carboxylic acids is 5. The van der Waals surface area contributed by atoms with Crippen LogP contribution >= 0.6 is 0 Å². The van der Waals surface area contributed by atoms with Crippen LogP contribution in [0.1, 0.15) is 190 Å². The third-order valence-corrected chi connectivity index (χ3v) is 19.8. The van der Waals surface area contributed by atoms with Gasteiger partial charge in [-0.15, -0.1) is 0 Å². The number of ether oxygens (including phenoxy) is 4. The van der Waals surface area contributed by atoms with Crippen molar-refractivity contribution >= 4 is 35.7 Å². The highest BCUT2D eigenvalue weighted by atomic mass is 16.5. The van der Waals surface area contributed by atoms with Crippen LogP contribution in [0.25, 0.3) is 44.5 Å². The first kappa shape index (κ1) is 81.2. The Morgan fingerprint density at radius 1 is 0.322 bits per heavy atom. The molecule has 118 heavy (non-hydrogen) atoms. The minimum Gasteiger partial charge on any atom is -0.545 e. The van der Waals surface area contributed by atoms with Crippen molar-refractivity contribution in [2.45, 2.75) is 77.3 Å². The van der Waals surface area contributed by atoms with Crippen LogP contribution < -0.4 is 10.4 Å². The molecule has 18 bridgehead atoms. The molecule has 0 aliphatic carbocycles. The van der Waals surface area contributed by atoms with Crippen molar-refractivity contribution in [1.82, 2.24) is 5.32 Å². The summed E-state index contributed by atoms with van der Waals surface area (Å²) >= 11 is 0. The molecule has 0 saturated carbocycles. The second-order valence-electron chi connectivity index (χ2n) is 28.2. The zero-order valence-electron chi connectivity index (χ0n) is 65.7. The van der Waals surface area contributed by atoms with Crippen molar-refractivity contribution in [3.05, 3.63) is 405 Å². The largest absolute Gasteiger partial charge is 0.545 e. The quantitative estimate of drug-likeness (QED) is 0.0402. The molecule has 0 saturated heterocycles. The number of aromatic carboxylic acids is 1. The van der Waals surface area contributed by atoms with E-state index in [2.05, 4.69) is 127 Å². The minimum atomic E-state index is -1.31. The number of allylic oxidation sites excluding steroid dienone is 4. The van der Waals surface area contributed by atoms with Crippen LogP contribution in [0.4, 0.5) is 0 Å². The van der Waals surface area contributed by atoms with Gasteiger partial charge in [0.1, 0.15) is 5.84 Å². The number of carboxylic acid groups (broad SMARTS) is 1. The summed E-state index contributed by atoms with van der Waals surface area (Å²) in [7, 11) is 0. The number of nitrogens with zero attached hydrogens (tertiary/aromatic N) is 1. The van der Waals surface area contributed by atoms with Gasteiger partial charge in [-0.05, 0) is 255 Å². The molecule has 580 valence electrons. The second kappa shape index (κ2) is 41.3. The van der Waals surface area contributed by atoms with Gasteiger partial charge in [-0.25, -0.2) is 19.2 Å². The molecule has 12 heteroatoms. The highest BCUT2D eigenvalue weighted by Crippen LogP contribution is 2.38. The fourth-order valence-electron chi connectivity index (χ4n) is 13.4. The van der Waals surface area contributed by atoms with Crippen LogP contribution in [0.5, 0.6) is 0 Å². The zero-order valence-corrected chi connectivity index (χ0v) is 65.7. The normalized spacial score (nSPS) is 14.5. The van der Waals surface area contributed by atoms with Crippen LogP contribution in [0, 0.1) is 47.4 Å². The Bertz CT molecular complexity index is 5890. The van der Waals surface area contributed by atoms with E-state index < -0.39 is 29.8 Å². The van der Waals surface area contributed by atoms with E-state index >= 15 is 0 Å². The smallest absolute Gasteiger partial charge is 0.338 e. The van der Waals surface area contributed by atoms with Gasteiger partial charge in [0, 0.05) is 67.2 Å².